The van der Waals surface area contributed by atoms with Crippen LogP contribution in [0.25, 0.3) is 0 Å². The van der Waals surface area contributed by atoms with Crippen LogP contribution < -0.4 is 0 Å². The molecule has 0 aromatic rings. The first-order valence-corrected chi connectivity index (χ1v) is 5.67. The number of allylic oxidation sites excluding steroid dienone is 2. The van der Waals surface area contributed by atoms with Crippen LogP contribution >= 0.6 is 0 Å². The maximum absolute atomic E-state index is 9.07. The van der Waals surface area contributed by atoms with Gasteiger partial charge in [-0.05, 0) is 31.6 Å². The van der Waals surface area contributed by atoms with E-state index in [1.165, 1.54) is 32.1 Å². The molecule has 0 spiro atoms. The number of unbranched alkanes of at least 4 members (excludes halogenated alkanes) is 4. The monoisotopic (exact) mass is 182 g/mol. The van der Waals surface area contributed by atoms with Gasteiger partial charge >= 0.3 is 0 Å². The molecule has 2 atom stereocenters. The predicted octanol–water partition coefficient (Wildman–Crippen LogP) is 3.28. The van der Waals surface area contributed by atoms with Gasteiger partial charge in [0.1, 0.15) is 0 Å². The Morgan fingerprint density at radius 2 is 2.00 bits per heavy atom. The van der Waals surface area contributed by atoms with Crippen molar-refractivity contribution in [3.8, 4) is 0 Å². The molecule has 1 nitrogen and oxygen atoms in total. The molecule has 1 aliphatic carbocycles. The average Bonchev–Trinajstić information content (AvgIpc) is 2.81. The Hall–Kier alpha value is -0.300. The van der Waals surface area contributed by atoms with E-state index in [1.54, 1.807) is 0 Å². The minimum atomic E-state index is 0.0183. The molecule has 1 saturated carbocycles. The standard InChI is InChI=1S/C12H22O/c1-2-3-4-5-6-7-8-9-11-10-12(11)13/h7-8,11-13H,2-6,9-10H2,1H3/b8-7-/t11-,12-/m1/s1. The molecule has 0 bridgehead atoms. The molecule has 1 rings (SSSR count). The van der Waals surface area contributed by atoms with Crippen LogP contribution in [0.3, 0.4) is 0 Å². The van der Waals surface area contributed by atoms with Crippen LogP contribution in [-0.4, -0.2) is 11.2 Å². The normalized spacial score (nSPS) is 26.9. The van der Waals surface area contributed by atoms with E-state index >= 15 is 0 Å². The lowest BCUT2D eigenvalue weighted by molar-refractivity contribution is 0.260. The van der Waals surface area contributed by atoms with Crippen molar-refractivity contribution in [3.63, 3.8) is 0 Å². The number of aliphatic hydroxyl groups excluding tert-OH is 1. The zero-order valence-electron chi connectivity index (χ0n) is 8.71. The van der Waals surface area contributed by atoms with Gasteiger partial charge in [-0.15, -0.1) is 0 Å². The fourth-order valence-electron chi connectivity index (χ4n) is 1.56. The van der Waals surface area contributed by atoms with Crippen LogP contribution in [0.5, 0.6) is 0 Å². The second kappa shape index (κ2) is 6.20. The van der Waals surface area contributed by atoms with Gasteiger partial charge in [-0.3, -0.25) is 0 Å². The van der Waals surface area contributed by atoms with Gasteiger partial charge in [-0.2, -0.15) is 0 Å². The van der Waals surface area contributed by atoms with Crippen molar-refractivity contribution in [1.82, 2.24) is 0 Å². The van der Waals surface area contributed by atoms with Crippen molar-refractivity contribution in [3.05, 3.63) is 12.2 Å². The molecule has 0 aromatic heterocycles. The highest BCUT2D eigenvalue weighted by Crippen LogP contribution is 2.33. The van der Waals surface area contributed by atoms with Gasteiger partial charge in [-0.1, -0.05) is 38.3 Å². The van der Waals surface area contributed by atoms with E-state index in [4.69, 9.17) is 5.11 Å². The van der Waals surface area contributed by atoms with Crippen molar-refractivity contribution < 1.29 is 5.11 Å². The Labute approximate surface area is 81.9 Å². The molecular formula is C12H22O. The van der Waals surface area contributed by atoms with E-state index in [2.05, 4.69) is 19.1 Å². The van der Waals surface area contributed by atoms with E-state index in [1.807, 2.05) is 0 Å². The third-order valence-corrected chi connectivity index (χ3v) is 2.72. The minimum Gasteiger partial charge on any atom is -0.393 e. The minimum absolute atomic E-state index is 0.0183. The highest BCUT2D eigenvalue weighted by atomic mass is 16.3. The van der Waals surface area contributed by atoms with Gasteiger partial charge in [0.2, 0.25) is 0 Å². The SMILES string of the molecule is CCCCCC/C=C\C[C@@H]1C[C@H]1O. The van der Waals surface area contributed by atoms with Crippen molar-refractivity contribution in [1.29, 1.82) is 0 Å². The summed E-state index contributed by atoms with van der Waals surface area (Å²) >= 11 is 0. The van der Waals surface area contributed by atoms with Gasteiger partial charge in [0.15, 0.2) is 0 Å². The summed E-state index contributed by atoms with van der Waals surface area (Å²) in [7, 11) is 0. The second-order valence-corrected chi connectivity index (χ2v) is 4.12. The van der Waals surface area contributed by atoms with Crippen LogP contribution in [0.15, 0.2) is 12.2 Å². The molecule has 76 valence electrons. The Kier molecular flexibility index (Phi) is 5.14. The van der Waals surface area contributed by atoms with E-state index in [0.717, 1.165) is 12.8 Å². The lowest BCUT2D eigenvalue weighted by atomic mass is 10.1. The summed E-state index contributed by atoms with van der Waals surface area (Å²) in [5.41, 5.74) is 0. The van der Waals surface area contributed by atoms with E-state index in [-0.39, 0.29) is 6.10 Å². The number of hydrogen-bond donors (Lipinski definition) is 1. The van der Waals surface area contributed by atoms with Gasteiger partial charge in [-0.25, -0.2) is 0 Å². The number of rotatable bonds is 7. The Bertz CT molecular complexity index is 151. The quantitative estimate of drug-likeness (QED) is 0.473. The molecule has 1 aliphatic rings. The first-order valence-electron chi connectivity index (χ1n) is 5.67. The van der Waals surface area contributed by atoms with Crippen LogP contribution in [0.2, 0.25) is 0 Å². The van der Waals surface area contributed by atoms with Crippen LogP contribution in [0, 0.1) is 5.92 Å². The zero-order chi connectivity index (χ0) is 9.52. The summed E-state index contributed by atoms with van der Waals surface area (Å²) in [6.07, 6.45) is 13.3. The van der Waals surface area contributed by atoms with Gasteiger partial charge in [0.25, 0.3) is 0 Å². The van der Waals surface area contributed by atoms with Crippen LogP contribution in [0.4, 0.5) is 0 Å². The highest BCUT2D eigenvalue weighted by Gasteiger charge is 2.33. The molecule has 0 aliphatic heterocycles. The van der Waals surface area contributed by atoms with E-state index in [0.29, 0.717) is 5.92 Å². The molecule has 0 saturated heterocycles. The average molecular weight is 182 g/mol. The van der Waals surface area contributed by atoms with Crippen molar-refractivity contribution in [2.24, 2.45) is 5.92 Å². The summed E-state index contributed by atoms with van der Waals surface area (Å²) in [4.78, 5) is 0. The maximum atomic E-state index is 9.07. The molecule has 0 unspecified atom stereocenters. The molecule has 0 radical (unpaired) electrons. The molecular weight excluding hydrogens is 160 g/mol. The van der Waals surface area contributed by atoms with Crippen molar-refractivity contribution in [2.75, 3.05) is 0 Å². The summed E-state index contributed by atoms with van der Waals surface area (Å²) in [5.74, 6) is 0.590. The molecule has 1 fully saturated rings. The number of aliphatic hydroxyl groups is 1. The highest BCUT2D eigenvalue weighted by molar-refractivity contribution is 4.94. The topological polar surface area (TPSA) is 20.2 Å². The van der Waals surface area contributed by atoms with Crippen LogP contribution in [-0.2, 0) is 0 Å². The van der Waals surface area contributed by atoms with E-state index < -0.39 is 0 Å². The third kappa shape index (κ3) is 5.09. The number of hydrogen-bond acceptors (Lipinski definition) is 1. The largest absolute Gasteiger partial charge is 0.393 e. The molecule has 13 heavy (non-hydrogen) atoms. The summed E-state index contributed by atoms with van der Waals surface area (Å²) in [6, 6.07) is 0. The van der Waals surface area contributed by atoms with Gasteiger partial charge in [0.05, 0.1) is 6.10 Å². The van der Waals surface area contributed by atoms with Crippen molar-refractivity contribution in [2.45, 2.75) is 58.0 Å². The van der Waals surface area contributed by atoms with E-state index in [9.17, 15) is 0 Å². The first-order chi connectivity index (χ1) is 6.34. The Morgan fingerprint density at radius 3 is 2.62 bits per heavy atom. The summed E-state index contributed by atoms with van der Waals surface area (Å²) in [5, 5.41) is 9.07. The van der Waals surface area contributed by atoms with Crippen LogP contribution in [0.1, 0.15) is 51.9 Å². The Balaban J connectivity index is 1.82. The van der Waals surface area contributed by atoms with Gasteiger partial charge < -0.3 is 5.11 Å². The lowest BCUT2D eigenvalue weighted by Gasteiger charge is -1.94. The Morgan fingerprint density at radius 1 is 1.23 bits per heavy atom. The summed E-state index contributed by atoms with van der Waals surface area (Å²) in [6.45, 7) is 2.24. The fourth-order valence-corrected chi connectivity index (χ4v) is 1.56. The fraction of sp³-hybridized carbons (Fsp3) is 0.833. The van der Waals surface area contributed by atoms with Gasteiger partial charge in [0, 0.05) is 0 Å². The molecule has 0 amide bonds. The predicted molar refractivity (Wildman–Crippen MR) is 56.6 cm³/mol. The lowest BCUT2D eigenvalue weighted by Crippen LogP contribution is -1.82. The second-order valence-electron chi connectivity index (χ2n) is 4.12. The summed E-state index contributed by atoms with van der Waals surface area (Å²) < 4.78 is 0. The molecule has 0 aromatic carbocycles. The molecule has 0 heterocycles. The smallest absolute Gasteiger partial charge is 0.0576 e. The molecule has 1 heteroatoms. The molecule has 1 N–H and O–H groups in total. The third-order valence-electron chi connectivity index (χ3n) is 2.72. The first kappa shape index (κ1) is 10.8. The zero-order valence-corrected chi connectivity index (χ0v) is 8.71. The maximum Gasteiger partial charge on any atom is 0.0576 e. The van der Waals surface area contributed by atoms with Crippen molar-refractivity contribution >= 4 is 0 Å².